The maximum atomic E-state index is 14.2. The lowest BCUT2D eigenvalue weighted by Gasteiger charge is -2.35. The molecule has 0 bridgehead atoms. The second-order valence-corrected chi connectivity index (χ2v) is 19.8. The van der Waals surface area contributed by atoms with Crippen LogP contribution < -0.4 is 20.1 Å². The number of rotatable bonds is 28. The van der Waals surface area contributed by atoms with Gasteiger partial charge < -0.3 is 49.2 Å². The van der Waals surface area contributed by atoms with Gasteiger partial charge in [0.2, 0.25) is 23.5 Å². The molecule has 3 N–H and O–H groups in total. The number of phenolic OH excluding ortho intramolecular Hbond substituents is 1. The molecule has 1 aromatic heterocycles. The molecule has 3 amide bonds. The van der Waals surface area contributed by atoms with E-state index in [0.29, 0.717) is 68.9 Å². The van der Waals surface area contributed by atoms with E-state index in [4.69, 9.17) is 28.7 Å². The second kappa shape index (κ2) is 29.0. The summed E-state index contributed by atoms with van der Waals surface area (Å²) in [6.45, 7) is 6.98. The van der Waals surface area contributed by atoms with Crippen molar-refractivity contribution in [2.24, 2.45) is 5.92 Å². The molecular weight excluding hydrogens is 971 g/mol. The van der Waals surface area contributed by atoms with Gasteiger partial charge in [0.15, 0.2) is 0 Å². The molecule has 1 saturated heterocycles. The predicted molar refractivity (Wildman–Crippen MR) is 291 cm³/mol. The Labute approximate surface area is 445 Å². The molecule has 5 aromatic rings. The minimum atomic E-state index is -0.587. The van der Waals surface area contributed by atoms with E-state index in [2.05, 4.69) is 29.7 Å². The topological polar surface area (TPSA) is 178 Å². The highest BCUT2D eigenvalue weighted by atomic mass is 32.1. The fourth-order valence-corrected chi connectivity index (χ4v) is 10.5. The number of carbonyl (C=O) groups excluding carboxylic acids is 4. The van der Waals surface area contributed by atoms with Gasteiger partial charge in [-0.05, 0) is 116 Å². The molecule has 7 rings (SSSR count). The van der Waals surface area contributed by atoms with E-state index in [1.807, 2.05) is 59.5 Å². The Morgan fingerprint density at radius 2 is 1.40 bits per heavy atom. The molecular formula is C59H73N5O10S. The van der Waals surface area contributed by atoms with Gasteiger partial charge in [-0.25, -0.2) is 4.98 Å². The van der Waals surface area contributed by atoms with E-state index >= 15 is 0 Å². The van der Waals surface area contributed by atoms with Crippen molar-refractivity contribution >= 4 is 46.0 Å². The van der Waals surface area contributed by atoms with Crippen molar-refractivity contribution in [2.75, 3.05) is 80.0 Å². The van der Waals surface area contributed by atoms with Crippen molar-refractivity contribution in [3.63, 3.8) is 0 Å². The molecule has 400 valence electrons. The van der Waals surface area contributed by atoms with E-state index in [0.717, 1.165) is 78.6 Å². The number of allylic oxidation sites excluding steroid dienone is 1. The van der Waals surface area contributed by atoms with Crippen molar-refractivity contribution in [2.45, 2.75) is 83.3 Å². The molecule has 2 heterocycles. The summed E-state index contributed by atoms with van der Waals surface area (Å²) >= 11 is 1.39. The summed E-state index contributed by atoms with van der Waals surface area (Å²) in [5, 5.41) is 18.5. The molecule has 0 spiro atoms. The lowest BCUT2D eigenvalue weighted by molar-refractivity contribution is -0.139. The number of amides is 3. The number of ketones is 1. The quantitative estimate of drug-likeness (QED) is 0.0247. The van der Waals surface area contributed by atoms with Crippen molar-refractivity contribution < 1.29 is 48.0 Å². The number of hydrogen-bond acceptors (Lipinski definition) is 13. The molecule has 4 aromatic carbocycles. The van der Waals surface area contributed by atoms with Crippen LogP contribution in [0.25, 0.3) is 11.1 Å². The maximum absolute atomic E-state index is 14.2. The zero-order valence-corrected chi connectivity index (χ0v) is 44.6. The Kier molecular flexibility index (Phi) is 21.8. The molecule has 3 atom stereocenters. The summed E-state index contributed by atoms with van der Waals surface area (Å²) in [6.07, 6.45) is 7.45. The van der Waals surface area contributed by atoms with Gasteiger partial charge in [0.1, 0.15) is 53.8 Å². The van der Waals surface area contributed by atoms with Crippen molar-refractivity contribution in [1.82, 2.24) is 25.4 Å². The highest BCUT2D eigenvalue weighted by molar-refractivity contribution is 7.10. The molecule has 1 saturated carbocycles. The number of nitrogens with zero attached hydrogens (tertiary/aromatic N) is 3. The van der Waals surface area contributed by atoms with Crippen LogP contribution in [0, 0.1) is 5.92 Å². The summed E-state index contributed by atoms with van der Waals surface area (Å²) in [4.78, 5) is 61.7. The molecule has 2 aliphatic rings. The highest BCUT2D eigenvalue weighted by Crippen LogP contribution is 2.38. The number of likely N-dealkylation sites (tertiary alicyclic amines) is 1. The van der Waals surface area contributed by atoms with Crippen LogP contribution in [-0.4, -0.2) is 136 Å². The standard InChI is InChI=1S/C59H73N5O10S/c1-5-50(42-14-8-6-9-15-42)54(43-21-25-47(65)26-22-43)44-23-27-48(28-24-44)73-31-30-63(4)53(66)39-72-35-34-70-32-33-71-36-37-74-49-19-12-18-46(38-49)56(67)51-40-75-58(61-51)52-20-13-29-64(52)59(69)55(45-16-10-7-11-17-45)62-57(68)41(2)60-3/h6,8-9,12,14-15,18-19,21-28,38,40-41,45,52,55,60,65H,5,7,10-11,13,16-17,20,29-37,39H2,1-4H3,(H,62,68)/b54-50-/t41-,52-,55-/m0/s1. The fourth-order valence-electron chi connectivity index (χ4n) is 9.52. The number of carbonyl (C=O) groups is 4. The largest absolute Gasteiger partial charge is 0.508 e. The average molecular weight is 1040 g/mol. The highest BCUT2D eigenvalue weighted by Gasteiger charge is 2.40. The number of phenols is 1. The molecule has 2 fully saturated rings. The first-order valence-electron chi connectivity index (χ1n) is 26.3. The molecule has 1 aliphatic carbocycles. The molecule has 0 radical (unpaired) electrons. The van der Waals surface area contributed by atoms with Crippen LogP contribution in [0.2, 0.25) is 0 Å². The van der Waals surface area contributed by atoms with Crippen LogP contribution in [0.5, 0.6) is 17.2 Å². The zero-order valence-electron chi connectivity index (χ0n) is 43.8. The van der Waals surface area contributed by atoms with E-state index in [1.54, 1.807) is 67.7 Å². The number of nitrogens with one attached hydrogen (secondary N) is 2. The molecule has 75 heavy (non-hydrogen) atoms. The van der Waals surface area contributed by atoms with Crippen molar-refractivity contribution in [3.05, 3.63) is 141 Å². The first-order valence-corrected chi connectivity index (χ1v) is 27.2. The summed E-state index contributed by atoms with van der Waals surface area (Å²) < 4.78 is 28.8. The average Bonchev–Trinajstić information content (AvgIpc) is 4.15. The SMILES string of the molecule is CC/C(=C(\c1ccc(O)cc1)c1ccc(OCCN(C)C(=O)COCCOCCOCCOc2cccc(C(=O)c3csc([C@@H]4CCCN4C(=O)[C@@H](NC(=O)[C@H](C)NC)C4CCCCC4)n3)c2)cc1)c1ccccc1. The number of ether oxygens (including phenoxy) is 5. The van der Waals surface area contributed by atoms with Crippen LogP contribution in [0.15, 0.2) is 109 Å². The smallest absolute Gasteiger partial charge is 0.248 e. The zero-order chi connectivity index (χ0) is 52.9. The lowest BCUT2D eigenvalue weighted by atomic mass is 9.83. The Bertz CT molecular complexity index is 2640. The minimum absolute atomic E-state index is 0.0648. The summed E-state index contributed by atoms with van der Waals surface area (Å²) in [7, 11) is 3.45. The molecule has 1 aliphatic heterocycles. The van der Waals surface area contributed by atoms with Crippen molar-refractivity contribution in [3.8, 4) is 17.2 Å². The van der Waals surface area contributed by atoms with Crippen LogP contribution in [0.4, 0.5) is 0 Å². The summed E-state index contributed by atoms with van der Waals surface area (Å²) in [5.74, 6) is 0.897. The lowest BCUT2D eigenvalue weighted by Crippen LogP contribution is -2.55. The Morgan fingerprint density at radius 1 is 0.747 bits per heavy atom. The normalized spacial score (nSPS) is 15.9. The van der Waals surface area contributed by atoms with Gasteiger partial charge in [-0.3, -0.25) is 19.2 Å². The van der Waals surface area contributed by atoms with E-state index in [9.17, 15) is 24.3 Å². The summed E-state index contributed by atoms with van der Waals surface area (Å²) in [6, 6.07) is 31.3. The van der Waals surface area contributed by atoms with Crippen LogP contribution >= 0.6 is 11.3 Å². The van der Waals surface area contributed by atoms with E-state index < -0.39 is 12.1 Å². The van der Waals surface area contributed by atoms with Gasteiger partial charge in [0.25, 0.3) is 0 Å². The molecule has 0 unspecified atom stereocenters. The van der Waals surface area contributed by atoms with E-state index in [1.165, 1.54) is 16.9 Å². The predicted octanol–water partition coefficient (Wildman–Crippen LogP) is 8.75. The molecule has 15 nitrogen and oxygen atoms in total. The summed E-state index contributed by atoms with van der Waals surface area (Å²) in [5.41, 5.74) is 6.24. The Balaban J connectivity index is 0.760. The maximum Gasteiger partial charge on any atom is 0.248 e. The third kappa shape index (κ3) is 16.0. The number of thiazole rings is 1. The minimum Gasteiger partial charge on any atom is -0.508 e. The van der Waals surface area contributed by atoms with Gasteiger partial charge in [-0.15, -0.1) is 11.3 Å². The Hall–Kier alpha value is -6.43. The van der Waals surface area contributed by atoms with Crippen LogP contribution in [0.3, 0.4) is 0 Å². The van der Waals surface area contributed by atoms with Gasteiger partial charge in [0, 0.05) is 24.5 Å². The van der Waals surface area contributed by atoms with Gasteiger partial charge >= 0.3 is 0 Å². The van der Waals surface area contributed by atoms with Crippen molar-refractivity contribution in [1.29, 1.82) is 0 Å². The number of hydrogen-bond donors (Lipinski definition) is 3. The number of aromatic hydroxyl groups is 1. The number of likely N-dealkylation sites (N-methyl/N-ethyl adjacent to an activating group) is 2. The number of benzene rings is 4. The first kappa shape index (κ1) is 56.3. The third-order valence-electron chi connectivity index (χ3n) is 13.8. The van der Waals surface area contributed by atoms with Crippen LogP contribution in [-0.2, 0) is 28.6 Å². The van der Waals surface area contributed by atoms with E-state index in [-0.39, 0.29) is 61.0 Å². The van der Waals surface area contributed by atoms with Crippen LogP contribution in [0.1, 0.15) is 109 Å². The molecule has 16 heteroatoms. The van der Waals surface area contributed by atoms with Gasteiger partial charge in [0.05, 0.1) is 51.7 Å². The second-order valence-electron chi connectivity index (χ2n) is 18.9. The van der Waals surface area contributed by atoms with Gasteiger partial charge in [-0.2, -0.15) is 0 Å². The Morgan fingerprint density at radius 3 is 2.09 bits per heavy atom. The van der Waals surface area contributed by atoms with Gasteiger partial charge in [-0.1, -0.05) is 92.9 Å². The first-order chi connectivity index (χ1) is 36.5. The number of aromatic nitrogens is 1. The monoisotopic (exact) mass is 1040 g/mol. The third-order valence-corrected chi connectivity index (χ3v) is 14.8. The fraction of sp³-hybridized carbons (Fsp3) is 0.441.